The Morgan fingerprint density at radius 1 is 0.969 bits per heavy atom. The second kappa shape index (κ2) is 7.81. The highest BCUT2D eigenvalue weighted by atomic mass is 16.5. The van der Waals surface area contributed by atoms with Crippen molar-refractivity contribution < 1.29 is 18.3 Å². The van der Waals surface area contributed by atoms with Gasteiger partial charge in [-0.25, -0.2) is 4.98 Å². The fourth-order valence-electron chi connectivity index (χ4n) is 3.73. The number of rotatable bonds is 5. The molecule has 5 rings (SSSR count). The molecule has 0 saturated carbocycles. The molecule has 0 spiro atoms. The molecule has 0 aliphatic rings. The Hall–Kier alpha value is -4.20. The SMILES string of the molecule is Cc1noc(C)c1CN(C(=O)c1cc(-c2ccco2)nc2onc(C)c12)c1ccccc1. The average molecular weight is 428 g/mol. The van der Waals surface area contributed by atoms with Crippen LogP contribution in [0.1, 0.15) is 33.1 Å². The van der Waals surface area contributed by atoms with Crippen LogP contribution in [-0.2, 0) is 6.54 Å². The fraction of sp³-hybridized carbons (Fsp3) is 0.167. The van der Waals surface area contributed by atoms with Crippen LogP contribution in [0.3, 0.4) is 0 Å². The van der Waals surface area contributed by atoms with Gasteiger partial charge in [0.2, 0.25) is 0 Å². The molecular formula is C24H20N4O4. The van der Waals surface area contributed by atoms with Gasteiger partial charge in [-0.1, -0.05) is 28.5 Å². The van der Waals surface area contributed by atoms with Gasteiger partial charge in [-0.05, 0) is 51.1 Å². The monoisotopic (exact) mass is 428 g/mol. The standard InChI is InChI=1S/C24H20N4O4/c1-14-19(16(3)31-26-14)13-28(17-8-5-4-6-9-17)24(29)18-12-20(21-10-7-11-30-21)25-23-22(18)15(2)27-32-23/h4-12H,13H2,1-3H3. The van der Waals surface area contributed by atoms with E-state index in [4.69, 9.17) is 13.5 Å². The third-order valence-electron chi connectivity index (χ3n) is 5.43. The van der Waals surface area contributed by atoms with Gasteiger partial charge in [-0.2, -0.15) is 0 Å². The molecule has 0 bridgehead atoms. The van der Waals surface area contributed by atoms with E-state index < -0.39 is 0 Å². The number of benzene rings is 1. The van der Waals surface area contributed by atoms with Gasteiger partial charge in [0, 0.05) is 11.3 Å². The lowest BCUT2D eigenvalue weighted by Gasteiger charge is -2.23. The third kappa shape index (κ3) is 3.35. The molecule has 1 aromatic carbocycles. The second-order valence-corrected chi connectivity index (χ2v) is 7.51. The maximum absolute atomic E-state index is 14.0. The van der Waals surface area contributed by atoms with Crippen LogP contribution in [-0.4, -0.2) is 21.2 Å². The summed E-state index contributed by atoms with van der Waals surface area (Å²) in [5.74, 6) is 0.989. The Kier molecular flexibility index (Phi) is 4.82. The number of anilines is 1. The van der Waals surface area contributed by atoms with Gasteiger partial charge < -0.3 is 18.4 Å². The molecule has 0 saturated heterocycles. The minimum atomic E-state index is -0.220. The average Bonchev–Trinajstić information content (AvgIpc) is 3.54. The second-order valence-electron chi connectivity index (χ2n) is 7.51. The van der Waals surface area contributed by atoms with Crippen molar-refractivity contribution in [1.29, 1.82) is 0 Å². The highest BCUT2D eigenvalue weighted by Gasteiger charge is 2.27. The first-order valence-electron chi connectivity index (χ1n) is 10.1. The number of aryl methyl sites for hydroxylation is 3. The topological polar surface area (TPSA) is 98.4 Å². The number of hydrogen-bond donors (Lipinski definition) is 0. The number of carbonyl (C=O) groups is 1. The normalized spacial score (nSPS) is 11.2. The van der Waals surface area contributed by atoms with Crippen LogP contribution in [0, 0.1) is 20.8 Å². The molecule has 5 aromatic rings. The van der Waals surface area contributed by atoms with E-state index in [0.29, 0.717) is 40.4 Å². The summed E-state index contributed by atoms with van der Waals surface area (Å²) in [5, 5.41) is 8.65. The van der Waals surface area contributed by atoms with Crippen molar-refractivity contribution in [1.82, 2.24) is 15.3 Å². The Labute approximate surface area is 183 Å². The van der Waals surface area contributed by atoms with E-state index >= 15 is 0 Å². The molecule has 8 heteroatoms. The Bertz CT molecular complexity index is 1380. The van der Waals surface area contributed by atoms with Gasteiger partial charge in [-0.3, -0.25) is 4.79 Å². The van der Waals surface area contributed by atoms with Crippen molar-refractivity contribution in [3.63, 3.8) is 0 Å². The van der Waals surface area contributed by atoms with Gasteiger partial charge >= 0.3 is 0 Å². The van der Waals surface area contributed by atoms with Gasteiger partial charge in [0.1, 0.15) is 11.5 Å². The summed E-state index contributed by atoms with van der Waals surface area (Å²) in [6.07, 6.45) is 1.56. The van der Waals surface area contributed by atoms with Crippen LogP contribution in [0.4, 0.5) is 5.69 Å². The van der Waals surface area contributed by atoms with Crippen molar-refractivity contribution in [3.8, 4) is 11.5 Å². The maximum Gasteiger partial charge on any atom is 0.259 e. The van der Waals surface area contributed by atoms with Crippen LogP contribution in [0.5, 0.6) is 0 Å². The predicted octanol–water partition coefficient (Wildman–Crippen LogP) is 5.24. The molecule has 1 amide bonds. The van der Waals surface area contributed by atoms with E-state index in [1.807, 2.05) is 44.2 Å². The number of amides is 1. The van der Waals surface area contributed by atoms with Crippen LogP contribution >= 0.6 is 0 Å². The number of pyridine rings is 1. The van der Waals surface area contributed by atoms with E-state index in [1.165, 1.54) is 0 Å². The van der Waals surface area contributed by atoms with Crippen molar-refractivity contribution >= 4 is 22.7 Å². The van der Waals surface area contributed by atoms with Crippen molar-refractivity contribution in [2.24, 2.45) is 0 Å². The quantitative estimate of drug-likeness (QED) is 0.377. The number of nitrogens with zero attached hydrogens (tertiary/aromatic N) is 4. The summed E-state index contributed by atoms with van der Waals surface area (Å²) in [6.45, 7) is 5.79. The van der Waals surface area contributed by atoms with Crippen molar-refractivity contribution in [2.45, 2.75) is 27.3 Å². The van der Waals surface area contributed by atoms with Crippen LogP contribution in [0.25, 0.3) is 22.6 Å². The zero-order valence-corrected chi connectivity index (χ0v) is 17.8. The molecule has 160 valence electrons. The van der Waals surface area contributed by atoms with E-state index in [1.54, 1.807) is 36.3 Å². The minimum Gasteiger partial charge on any atom is -0.463 e. The largest absolute Gasteiger partial charge is 0.463 e. The van der Waals surface area contributed by atoms with E-state index in [9.17, 15) is 4.79 Å². The number of aromatic nitrogens is 3. The zero-order chi connectivity index (χ0) is 22.2. The first-order valence-corrected chi connectivity index (χ1v) is 10.1. The van der Waals surface area contributed by atoms with Crippen LogP contribution in [0.2, 0.25) is 0 Å². The summed E-state index contributed by atoms with van der Waals surface area (Å²) in [7, 11) is 0. The summed E-state index contributed by atoms with van der Waals surface area (Å²) in [5.41, 5.74) is 4.14. The van der Waals surface area contributed by atoms with Crippen LogP contribution < -0.4 is 4.90 Å². The fourth-order valence-corrected chi connectivity index (χ4v) is 3.73. The number of para-hydroxylation sites is 1. The number of furan rings is 1. The first kappa shape index (κ1) is 19.7. The Morgan fingerprint density at radius 3 is 2.44 bits per heavy atom. The molecule has 0 N–H and O–H groups in total. The lowest BCUT2D eigenvalue weighted by Crippen LogP contribution is -2.31. The number of hydrogen-bond acceptors (Lipinski definition) is 7. The third-order valence-corrected chi connectivity index (χ3v) is 5.43. The van der Waals surface area contributed by atoms with Gasteiger partial charge in [0.05, 0.1) is 35.1 Å². The van der Waals surface area contributed by atoms with Crippen molar-refractivity contribution in [3.05, 3.63) is 83.1 Å². The summed E-state index contributed by atoms with van der Waals surface area (Å²) < 4.78 is 16.2. The van der Waals surface area contributed by atoms with Crippen LogP contribution in [0.15, 0.2) is 68.3 Å². The lowest BCUT2D eigenvalue weighted by atomic mass is 10.1. The van der Waals surface area contributed by atoms with Gasteiger partial charge in [-0.15, -0.1) is 0 Å². The molecule has 0 fully saturated rings. The lowest BCUT2D eigenvalue weighted by molar-refractivity contribution is 0.0986. The Morgan fingerprint density at radius 2 is 1.75 bits per heavy atom. The molecular weight excluding hydrogens is 408 g/mol. The molecule has 0 aliphatic heterocycles. The molecule has 0 radical (unpaired) electrons. The molecule has 0 aliphatic carbocycles. The highest BCUT2D eigenvalue weighted by Crippen LogP contribution is 2.30. The molecule has 4 aromatic heterocycles. The first-order chi connectivity index (χ1) is 15.5. The van der Waals surface area contributed by atoms with Crippen molar-refractivity contribution in [2.75, 3.05) is 4.90 Å². The molecule has 0 unspecified atom stereocenters. The summed E-state index contributed by atoms with van der Waals surface area (Å²) >= 11 is 0. The van der Waals surface area contributed by atoms with Gasteiger partial charge in [0.15, 0.2) is 5.76 Å². The predicted molar refractivity (Wildman–Crippen MR) is 117 cm³/mol. The van der Waals surface area contributed by atoms with E-state index in [-0.39, 0.29) is 11.6 Å². The number of fused-ring (bicyclic) bond motifs is 1. The van der Waals surface area contributed by atoms with Gasteiger partial charge in [0.25, 0.3) is 11.6 Å². The molecule has 8 nitrogen and oxygen atoms in total. The molecule has 4 heterocycles. The smallest absolute Gasteiger partial charge is 0.259 e. The maximum atomic E-state index is 14.0. The van der Waals surface area contributed by atoms with E-state index in [0.717, 1.165) is 16.9 Å². The van der Waals surface area contributed by atoms with E-state index in [2.05, 4.69) is 15.3 Å². The summed E-state index contributed by atoms with van der Waals surface area (Å²) in [6, 6.07) is 14.7. The molecule has 32 heavy (non-hydrogen) atoms. The Balaban J connectivity index is 1.67. The summed E-state index contributed by atoms with van der Waals surface area (Å²) in [4.78, 5) is 20.2. The minimum absolute atomic E-state index is 0.220. The highest BCUT2D eigenvalue weighted by molar-refractivity contribution is 6.14. The zero-order valence-electron chi connectivity index (χ0n) is 17.8. The molecule has 0 atom stereocenters. The number of carbonyl (C=O) groups excluding carboxylic acids is 1.